The second kappa shape index (κ2) is 16.5. The fourth-order valence-corrected chi connectivity index (χ4v) is 3.83. The quantitative estimate of drug-likeness (QED) is 0.205. The number of hydrogen-bond donors (Lipinski definition) is 2. The van der Waals surface area contributed by atoms with Gasteiger partial charge < -0.3 is 10.6 Å². The third-order valence-electron chi connectivity index (χ3n) is 6.26. The predicted octanol–water partition coefficient (Wildman–Crippen LogP) is 7.23. The predicted molar refractivity (Wildman–Crippen MR) is 153 cm³/mol. The fraction of sp³-hybridized carbons (Fsp3) is 0.438. The van der Waals surface area contributed by atoms with Crippen molar-refractivity contribution < 1.29 is 9.59 Å². The number of amides is 2. The standard InChI is InChI=1S/C32H44N2O2/c1-25(2)29-17-11-27(12-18-29)15-21-31(35)33-23-9-7-5-6-8-10-24-34-32(36)22-16-28-13-19-30(20-14-28)26(3)4/h11-22,25-26H,5-10,23-24H2,1-4H3,(H,33,35)(H,34,36). The number of carbonyl (C=O) groups is 2. The molecule has 0 saturated carbocycles. The van der Waals surface area contributed by atoms with Gasteiger partial charge in [-0.15, -0.1) is 0 Å². The van der Waals surface area contributed by atoms with Crippen LogP contribution in [0, 0.1) is 0 Å². The molecule has 194 valence electrons. The lowest BCUT2D eigenvalue weighted by molar-refractivity contribution is -0.117. The normalized spacial score (nSPS) is 11.6. The van der Waals surface area contributed by atoms with Crippen LogP contribution in [0.2, 0.25) is 0 Å². The molecule has 2 N–H and O–H groups in total. The molecule has 2 aromatic carbocycles. The van der Waals surface area contributed by atoms with Crippen LogP contribution in [0.5, 0.6) is 0 Å². The minimum absolute atomic E-state index is 0.0414. The molecule has 0 saturated heterocycles. The van der Waals surface area contributed by atoms with Crippen LogP contribution in [-0.4, -0.2) is 24.9 Å². The SMILES string of the molecule is CC(C)c1ccc(C=CC(=O)NCCCCCCCCNC(=O)C=Cc2ccc(C(C)C)cc2)cc1. The third-order valence-corrected chi connectivity index (χ3v) is 6.26. The largest absolute Gasteiger partial charge is 0.353 e. The lowest BCUT2D eigenvalue weighted by Gasteiger charge is -2.05. The lowest BCUT2D eigenvalue weighted by atomic mass is 10.0. The second-order valence-electron chi connectivity index (χ2n) is 10.0. The highest BCUT2D eigenvalue weighted by atomic mass is 16.2. The molecule has 0 heterocycles. The highest BCUT2D eigenvalue weighted by Gasteiger charge is 2.00. The van der Waals surface area contributed by atoms with Crippen LogP contribution in [0.25, 0.3) is 12.2 Å². The first-order valence-corrected chi connectivity index (χ1v) is 13.5. The average molecular weight is 489 g/mol. The van der Waals surface area contributed by atoms with Gasteiger partial charge in [0.25, 0.3) is 0 Å². The van der Waals surface area contributed by atoms with Crippen molar-refractivity contribution in [3.63, 3.8) is 0 Å². The number of nitrogens with one attached hydrogen (secondary N) is 2. The maximum Gasteiger partial charge on any atom is 0.243 e. The van der Waals surface area contributed by atoms with E-state index in [0.29, 0.717) is 24.9 Å². The van der Waals surface area contributed by atoms with Crippen LogP contribution in [0.4, 0.5) is 0 Å². The zero-order valence-electron chi connectivity index (χ0n) is 22.6. The van der Waals surface area contributed by atoms with E-state index in [4.69, 9.17) is 0 Å². The first-order chi connectivity index (χ1) is 17.3. The third kappa shape index (κ3) is 12.0. The molecule has 0 atom stereocenters. The number of unbranched alkanes of at least 4 members (excludes halogenated alkanes) is 5. The molecule has 0 aromatic heterocycles. The first-order valence-electron chi connectivity index (χ1n) is 13.5. The fourth-order valence-electron chi connectivity index (χ4n) is 3.83. The van der Waals surface area contributed by atoms with E-state index in [1.54, 1.807) is 12.2 Å². The molecule has 4 nitrogen and oxygen atoms in total. The number of hydrogen-bond acceptors (Lipinski definition) is 2. The van der Waals surface area contributed by atoms with Gasteiger partial charge in [0.05, 0.1) is 0 Å². The summed E-state index contributed by atoms with van der Waals surface area (Å²) in [5, 5.41) is 5.92. The Labute approximate surface area is 218 Å². The topological polar surface area (TPSA) is 58.2 Å². The summed E-state index contributed by atoms with van der Waals surface area (Å²) in [5.41, 5.74) is 4.69. The first kappa shape index (κ1) is 29.1. The summed E-state index contributed by atoms with van der Waals surface area (Å²) in [5.74, 6) is 0.942. The van der Waals surface area contributed by atoms with Crippen molar-refractivity contribution in [3.05, 3.63) is 82.9 Å². The van der Waals surface area contributed by atoms with E-state index in [2.05, 4.69) is 62.6 Å². The zero-order valence-corrected chi connectivity index (χ0v) is 22.6. The molecular formula is C32H44N2O2. The monoisotopic (exact) mass is 488 g/mol. The molecule has 0 radical (unpaired) electrons. The van der Waals surface area contributed by atoms with E-state index in [-0.39, 0.29) is 11.8 Å². The Kier molecular flexibility index (Phi) is 13.3. The molecular weight excluding hydrogens is 444 g/mol. The van der Waals surface area contributed by atoms with Gasteiger partial charge >= 0.3 is 0 Å². The van der Waals surface area contributed by atoms with Crippen molar-refractivity contribution in [2.45, 2.75) is 78.1 Å². The molecule has 2 rings (SSSR count). The van der Waals surface area contributed by atoms with Crippen molar-refractivity contribution in [3.8, 4) is 0 Å². The summed E-state index contributed by atoms with van der Waals surface area (Å²) in [7, 11) is 0. The molecule has 0 spiro atoms. The van der Waals surface area contributed by atoms with Crippen LogP contribution in [-0.2, 0) is 9.59 Å². The van der Waals surface area contributed by atoms with Gasteiger partial charge in [0.2, 0.25) is 11.8 Å². The van der Waals surface area contributed by atoms with Crippen LogP contribution < -0.4 is 10.6 Å². The molecule has 0 unspecified atom stereocenters. The van der Waals surface area contributed by atoms with E-state index in [9.17, 15) is 9.59 Å². The Bertz CT molecular complexity index is 889. The van der Waals surface area contributed by atoms with Gasteiger partial charge in [-0.1, -0.05) is 102 Å². The molecule has 0 aliphatic carbocycles. The summed E-state index contributed by atoms with van der Waals surface area (Å²) >= 11 is 0. The number of carbonyl (C=O) groups excluding carboxylic acids is 2. The van der Waals surface area contributed by atoms with E-state index < -0.39 is 0 Å². The van der Waals surface area contributed by atoms with Crippen molar-refractivity contribution in [2.75, 3.05) is 13.1 Å². The minimum atomic E-state index is -0.0414. The summed E-state index contributed by atoms with van der Waals surface area (Å²) in [6, 6.07) is 16.6. The molecule has 4 heteroatoms. The van der Waals surface area contributed by atoms with Crippen molar-refractivity contribution in [1.82, 2.24) is 10.6 Å². The summed E-state index contributed by atoms with van der Waals surface area (Å²) in [6.07, 6.45) is 13.4. The van der Waals surface area contributed by atoms with Crippen molar-refractivity contribution >= 4 is 24.0 Å². The van der Waals surface area contributed by atoms with Gasteiger partial charge in [0.1, 0.15) is 0 Å². The zero-order chi connectivity index (χ0) is 26.2. The molecule has 0 bridgehead atoms. The van der Waals surface area contributed by atoms with Crippen molar-refractivity contribution in [1.29, 1.82) is 0 Å². The summed E-state index contributed by atoms with van der Waals surface area (Å²) in [4.78, 5) is 24.0. The van der Waals surface area contributed by atoms with Crippen LogP contribution in [0.15, 0.2) is 60.7 Å². The van der Waals surface area contributed by atoms with Gasteiger partial charge in [-0.3, -0.25) is 9.59 Å². The molecule has 2 aromatic rings. The Morgan fingerprint density at radius 2 is 0.917 bits per heavy atom. The van der Waals surface area contributed by atoms with E-state index in [1.165, 1.54) is 11.1 Å². The molecule has 2 amide bonds. The molecule has 36 heavy (non-hydrogen) atoms. The molecule has 0 aliphatic rings. The van der Waals surface area contributed by atoms with Gasteiger partial charge in [0.15, 0.2) is 0 Å². The summed E-state index contributed by atoms with van der Waals surface area (Å²) in [6.45, 7) is 10.1. The van der Waals surface area contributed by atoms with Gasteiger partial charge in [-0.2, -0.15) is 0 Å². The molecule has 0 fully saturated rings. The Morgan fingerprint density at radius 1 is 0.583 bits per heavy atom. The Morgan fingerprint density at radius 3 is 1.25 bits per heavy atom. The Balaban J connectivity index is 1.46. The number of benzene rings is 2. The van der Waals surface area contributed by atoms with Gasteiger partial charge in [0, 0.05) is 25.2 Å². The summed E-state index contributed by atoms with van der Waals surface area (Å²) < 4.78 is 0. The minimum Gasteiger partial charge on any atom is -0.353 e. The van der Waals surface area contributed by atoms with Crippen LogP contribution >= 0.6 is 0 Å². The molecule has 0 aliphatic heterocycles. The average Bonchev–Trinajstić information content (AvgIpc) is 2.87. The van der Waals surface area contributed by atoms with Gasteiger partial charge in [-0.25, -0.2) is 0 Å². The van der Waals surface area contributed by atoms with E-state index >= 15 is 0 Å². The highest BCUT2D eigenvalue weighted by molar-refractivity contribution is 5.92. The Hall–Kier alpha value is -3.14. The van der Waals surface area contributed by atoms with Gasteiger partial charge in [-0.05, 0) is 59.1 Å². The highest BCUT2D eigenvalue weighted by Crippen LogP contribution is 2.16. The van der Waals surface area contributed by atoms with E-state index in [1.807, 2.05) is 36.4 Å². The van der Waals surface area contributed by atoms with E-state index in [0.717, 1.165) is 49.7 Å². The smallest absolute Gasteiger partial charge is 0.243 e. The maximum absolute atomic E-state index is 12.0. The number of rotatable bonds is 15. The van der Waals surface area contributed by atoms with Crippen LogP contribution in [0.1, 0.15) is 100 Å². The maximum atomic E-state index is 12.0. The van der Waals surface area contributed by atoms with Crippen molar-refractivity contribution in [2.24, 2.45) is 0 Å². The lowest BCUT2D eigenvalue weighted by Crippen LogP contribution is -2.22. The van der Waals surface area contributed by atoms with Crippen LogP contribution in [0.3, 0.4) is 0 Å². The second-order valence-corrected chi connectivity index (χ2v) is 10.0.